The number of nitrogens with one attached hydrogen (secondary N) is 1. The van der Waals surface area contributed by atoms with Gasteiger partial charge in [0.1, 0.15) is 23.1 Å². The summed E-state index contributed by atoms with van der Waals surface area (Å²) in [4.78, 5) is 39.0. The molecule has 1 saturated heterocycles. The van der Waals surface area contributed by atoms with Crippen LogP contribution in [0.1, 0.15) is 52.4 Å². The molecule has 1 N–H and O–H groups in total. The maximum atomic E-state index is 13.1. The van der Waals surface area contributed by atoms with Crippen LogP contribution in [0.5, 0.6) is 5.75 Å². The number of hydrogen-bond donors (Lipinski definition) is 1. The largest absolute Gasteiger partial charge is 0.492 e. The van der Waals surface area contributed by atoms with E-state index in [2.05, 4.69) is 30.5 Å². The molecule has 1 aromatic carbocycles. The van der Waals surface area contributed by atoms with Crippen LogP contribution in [0.2, 0.25) is 0 Å². The van der Waals surface area contributed by atoms with Crippen LogP contribution in [-0.2, 0) is 7.05 Å². The fraction of sp³-hybridized carbons (Fsp3) is 0.481. The van der Waals surface area contributed by atoms with Gasteiger partial charge >= 0.3 is 0 Å². The summed E-state index contributed by atoms with van der Waals surface area (Å²) < 4.78 is 7.87. The second kappa shape index (κ2) is 11.2. The quantitative estimate of drug-likeness (QED) is 0.549. The molecule has 38 heavy (non-hydrogen) atoms. The summed E-state index contributed by atoms with van der Waals surface area (Å²) in [6.45, 7) is 5.55. The van der Waals surface area contributed by atoms with E-state index >= 15 is 0 Å². The van der Waals surface area contributed by atoms with Gasteiger partial charge in [-0.05, 0) is 50.8 Å². The highest BCUT2D eigenvalue weighted by Gasteiger charge is 2.37. The average Bonchev–Trinajstić information content (AvgIpc) is 3.36. The lowest BCUT2D eigenvalue weighted by Gasteiger charge is -2.42. The standard InChI is InChI=1S/C27H34N8O3/c1-20-28-12-8-24(31-20)34-14-5-9-27(10-15-35(16-11-27)26(37)22-18-30-32-33(22)2)19-38-23-7-4-3-6-21(23)25(36)29-13-17-34/h3-4,6-8,12,18H,5,9-11,13-17,19H2,1-2H3,(H,29,36). The van der Waals surface area contributed by atoms with Crippen molar-refractivity contribution in [2.24, 2.45) is 12.5 Å². The Morgan fingerprint density at radius 1 is 1.08 bits per heavy atom. The lowest BCUT2D eigenvalue weighted by Crippen LogP contribution is -2.46. The Balaban J connectivity index is 1.37. The van der Waals surface area contributed by atoms with Crippen molar-refractivity contribution in [1.82, 2.24) is 35.2 Å². The Morgan fingerprint density at radius 2 is 1.89 bits per heavy atom. The normalized spacial score (nSPS) is 18.4. The molecule has 4 heterocycles. The zero-order chi connectivity index (χ0) is 26.5. The first kappa shape index (κ1) is 25.6. The molecule has 1 fully saturated rings. The zero-order valence-corrected chi connectivity index (χ0v) is 22.0. The highest BCUT2D eigenvalue weighted by atomic mass is 16.5. The van der Waals surface area contributed by atoms with E-state index in [1.807, 2.05) is 36.1 Å². The first-order valence-electron chi connectivity index (χ1n) is 13.1. The second-order valence-electron chi connectivity index (χ2n) is 10.1. The van der Waals surface area contributed by atoms with Crippen LogP contribution >= 0.6 is 0 Å². The molecule has 2 amide bonds. The first-order valence-corrected chi connectivity index (χ1v) is 13.1. The van der Waals surface area contributed by atoms with Gasteiger partial charge in [0.25, 0.3) is 11.8 Å². The molecular formula is C27H34N8O3. The van der Waals surface area contributed by atoms with Crippen molar-refractivity contribution in [3.63, 3.8) is 0 Å². The number of benzene rings is 1. The molecule has 0 atom stereocenters. The molecule has 5 rings (SSSR count). The van der Waals surface area contributed by atoms with Crippen molar-refractivity contribution >= 4 is 17.6 Å². The van der Waals surface area contributed by atoms with Crippen molar-refractivity contribution < 1.29 is 14.3 Å². The molecule has 0 bridgehead atoms. The molecule has 11 nitrogen and oxygen atoms in total. The SMILES string of the molecule is Cc1nccc(N2CCCC3(CCN(C(=O)c4cnnn4C)CC3)COc3ccccc3C(=O)NCC2)n1. The molecule has 2 aliphatic rings. The Labute approximate surface area is 222 Å². The number of likely N-dealkylation sites (tertiary alicyclic amines) is 1. The first-order chi connectivity index (χ1) is 18.4. The molecule has 200 valence electrons. The van der Waals surface area contributed by atoms with Crippen LogP contribution in [0.3, 0.4) is 0 Å². The zero-order valence-electron chi connectivity index (χ0n) is 22.0. The number of rotatable bonds is 2. The van der Waals surface area contributed by atoms with Gasteiger partial charge in [-0.2, -0.15) is 0 Å². The molecule has 11 heteroatoms. The number of aryl methyl sites for hydroxylation is 2. The van der Waals surface area contributed by atoms with Crippen LogP contribution < -0.4 is 15.0 Å². The number of carbonyl (C=O) groups excluding carboxylic acids is 2. The van der Waals surface area contributed by atoms with E-state index in [1.165, 1.54) is 10.9 Å². The van der Waals surface area contributed by atoms with Crippen molar-refractivity contribution in [2.75, 3.05) is 44.2 Å². The van der Waals surface area contributed by atoms with Gasteiger partial charge in [-0.25, -0.2) is 14.6 Å². The summed E-state index contributed by atoms with van der Waals surface area (Å²) in [6, 6.07) is 9.30. The molecular weight excluding hydrogens is 484 g/mol. The Hall–Kier alpha value is -4.02. The minimum Gasteiger partial charge on any atom is -0.492 e. The number of hydrogen-bond acceptors (Lipinski definition) is 8. The van der Waals surface area contributed by atoms with Crippen LogP contribution in [0.15, 0.2) is 42.7 Å². The number of fused-ring (bicyclic) bond motifs is 1. The summed E-state index contributed by atoms with van der Waals surface area (Å²) >= 11 is 0. The predicted octanol–water partition coefficient (Wildman–Crippen LogP) is 2.25. The third-order valence-corrected chi connectivity index (χ3v) is 7.60. The summed E-state index contributed by atoms with van der Waals surface area (Å²) in [5.74, 6) is 1.96. The van der Waals surface area contributed by atoms with Crippen LogP contribution in [0.4, 0.5) is 5.82 Å². The number of nitrogens with zero attached hydrogens (tertiary/aromatic N) is 7. The number of piperidine rings is 1. The smallest absolute Gasteiger partial charge is 0.273 e. The monoisotopic (exact) mass is 518 g/mol. The summed E-state index contributed by atoms with van der Waals surface area (Å²) in [5, 5.41) is 10.8. The minimum atomic E-state index is -0.155. The third kappa shape index (κ3) is 5.61. The van der Waals surface area contributed by atoms with Gasteiger partial charge in [0.15, 0.2) is 0 Å². The minimum absolute atomic E-state index is 0.0507. The van der Waals surface area contributed by atoms with Gasteiger partial charge in [0, 0.05) is 51.4 Å². The van der Waals surface area contributed by atoms with Gasteiger partial charge in [0.05, 0.1) is 18.4 Å². The van der Waals surface area contributed by atoms with E-state index < -0.39 is 0 Å². The van der Waals surface area contributed by atoms with E-state index in [0.717, 1.165) is 38.0 Å². The predicted molar refractivity (Wildman–Crippen MR) is 141 cm³/mol. The van der Waals surface area contributed by atoms with E-state index in [0.29, 0.717) is 55.6 Å². The van der Waals surface area contributed by atoms with Gasteiger partial charge in [-0.15, -0.1) is 5.10 Å². The molecule has 2 aliphatic heterocycles. The molecule has 0 aliphatic carbocycles. The summed E-state index contributed by atoms with van der Waals surface area (Å²) in [7, 11) is 1.73. The van der Waals surface area contributed by atoms with E-state index in [9.17, 15) is 9.59 Å². The Kier molecular flexibility index (Phi) is 7.52. The molecule has 2 aromatic heterocycles. The summed E-state index contributed by atoms with van der Waals surface area (Å²) in [5.41, 5.74) is 0.900. The fourth-order valence-electron chi connectivity index (χ4n) is 5.31. The van der Waals surface area contributed by atoms with Crippen molar-refractivity contribution in [2.45, 2.75) is 32.6 Å². The number of carbonyl (C=O) groups is 2. The van der Waals surface area contributed by atoms with Crippen LogP contribution in [-0.4, -0.2) is 81.0 Å². The topological polar surface area (TPSA) is 118 Å². The van der Waals surface area contributed by atoms with E-state index in [4.69, 9.17) is 4.74 Å². The Bertz CT molecular complexity index is 1280. The number of aromatic nitrogens is 5. The molecule has 3 aromatic rings. The molecule has 0 radical (unpaired) electrons. The van der Waals surface area contributed by atoms with Gasteiger partial charge < -0.3 is 19.9 Å². The number of anilines is 1. The maximum absolute atomic E-state index is 13.1. The molecule has 1 spiro atoms. The van der Waals surface area contributed by atoms with Crippen molar-refractivity contribution in [3.05, 3.63) is 59.8 Å². The highest BCUT2D eigenvalue weighted by Crippen LogP contribution is 2.38. The van der Waals surface area contributed by atoms with Crippen LogP contribution in [0, 0.1) is 12.3 Å². The summed E-state index contributed by atoms with van der Waals surface area (Å²) in [6.07, 6.45) is 6.78. The number of para-hydroxylation sites is 1. The van der Waals surface area contributed by atoms with Gasteiger partial charge in [0.2, 0.25) is 0 Å². The maximum Gasteiger partial charge on any atom is 0.273 e. The molecule has 0 unspecified atom stereocenters. The highest BCUT2D eigenvalue weighted by molar-refractivity contribution is 5.97. The van der Waals surface area contributed by atoms with Gasteiger partial charge in [-0.3, -0.25) is 9.59 Å². The lowest BCUT2D eigenvalue weighted by atomic mass is 9.75. The van der Waals surface area contributed by atoms with Gasteiger partial charge in [-0.1, -0.05) is 17.3 Å². The number of amides is 2. The average molecular weight is 519 g/mol. The lowest BCUT2D eigenvalue weighted by molar-refractivity contribution is 0.0358. The van der Waals surface area contributed by atoms with Crippen molar-refractivity contribution in [3.8, 4) is 5.75 Å². The second-order valence-corrected chi connectivity index (χ2v) is 10.1. The van der Waals surface area contributed by atoms with Crippen molar-refractivity contribution in [1.29, 1.82) is 0 Å². The number of ether oxygens (including phenoxy) is 1. The van der Waals surface area contributed by atoms with Crippen LogP contribution in [0.25, 0.3) is 0 Å². The Morgan fingerprint density at radius 3 is 2.66 bits per heavy atom. The fourth-order valence-corrected chi connectivity index (χ4v) is 5.31. The molecule has 0 saturated carbocycles. The van der Waals surface area contributed by atoms with E-state index in [1.54, 1.807) is 19.3 Å². The van der Waals surface area contributed by atoms with E-state index in [-0.39, 0.29) is 17.2 Å². The third-order valence-electron chi connectivity index (χ3n) is 7.60.